The highest BCUT2D eigenvalue weighted by atomic mass is 16.3. The second kappa shape index (κ2) is 7.76. The molecule has 2 aromatic rings. The van der Waals surface area contributed by atoms with Crippen LogP contribution >= 0.6 is 0 Å². The number of phenolic OH excluding ortho intramolecular Hbond substituents is 1. The third kappa shape index (κ3) is 3.58. The number of nitrogens with zero attached hydrogens (tertiary/aromatic N) is 1. The van der Waals surface area contributed by atoms with Crippen molar-refractivity contribution in [3.05, 3.63) is 71.1 Å². The second-order valence-electron chi connectivity index (χ2n) is 7.12. The summed E-state index contributed by atoms with van der Waals surface area (Å²) >= 11 is 0. The number of carbonyl (C=O) groups is 2. The molecular weight excluding hydrogens is 354 g/mol. The van der Waals surface area contributed by atoms with Gasteiger partial charge in [0.2, 0.25) is 0 Å². The van der Waals surface area contributed by atoms with Crippen molar-refractivity contribution < 1.29 is 14.7 Å². The average Bonchev–Trinajstić information content (AvgIpc) is 3.25. The van der Waals surface area contributed by atoms with Crippen molar-refractivity contribution in [3.63, 3.8) is 0 Å². The van der Waals surface area contributed by atoms with Gasteiger partial charge in [-0.1, -0.05) is 36.4 Å². The number of ketones is 1. The average molecular weight is 377 g/mol. The van der Waals surface area contributed by atoms with E-state index in [9.17, 15) is 14.7 Å². The van der Waals surface area contributed by atoms with E-state index in [1.54, 1.807) is 23.1 Å². The summed E-state index contributed by atoms with van der Waals surface area (Å²) in [6.45, 7) is 2.05. The Hall–Kier alpha value is -3.28. The molecule has 0 unspecified atom stereocenters. The fourth-order valence-corrected chi connectivity index (χ4v) is 3.54. The first kappa shape index (κ1) is 18.1. The lowest BCUT2D eigenvalue weighted by atomic mass is 9.98. The fourth-order valence-electron chi connectivity index (χ4n) is 3.54. The highest BCUT2D eigenvalue weighted by Gasteiger charge is 2.29. The number of amides is 1. The van der Waals surface area contributed by atoms with Gasteiger partial charge in [0, 0.05) is 25.3 Å². The van der Waals surface area contributed by atoms with Gasteiger partial charge in [0.1, 0.15) is 5.70 Å². The highest BCUT2D eigenvalue weighted by Crippen LogP contribution is 2.33. The normalized spacial score (nSPS) is 16.1. The van der Waals surface area contributed by atoms with Crippen LogP contribution in [-0.4, -0.2) is 34.8 Å². The summed E-state index contributed by atoms with van der Waals surface area (Å²) in [7, 11) is 0. The number of anilines is 1. The van der Waals surface area contributed by atoms with Crippen molar-refractivity contribution in [1.29, 1.82) is 0 Å². The number of allylic oxidation sites excluding steroid dienone is 2. The summed E-state index contributed by atoms with van der Waals surface area (Å²) in [4.78, 5) is 26.5. The molecule has 6 nitrogen and oxygen atoms in total. The Kier molecular flexibility index (Phi) is 5.02. The SMILES string of the molecule is O=C1CC(NCc2ccccc2)=C1Nc1cccc(C(=O)N2CCCC2)c1O. The lowest BCUT2D eigenvalue weighted by Gasteiger charge is -2.25. The number of aromatic hydroxyl groups is 1. The number of nitrogens with one attached hydrogen (secondary N) is 2. The zero-order valence-corrected chi connectivity index (χ0v) is 15.6. The minimum Gasteiger partial charge on any atom is -0.505 e. The predicted molar refractivity (Wildman–Crippen MR) is 107 cm³/mol. The molecule has 0 radical (unpaired) electrons. The third-order valence-electron chi connectivity index (χ3n) is 5.19. The van der Waals surface area contributed by atoms with Gasteiger partial charge < -0.3 is 20.6 Å². The van der Waals surface area contributed by atoms with Crippen LogP contribution in [0.1, 0.15) is 35.2 Å². The molecule has 4 rings (SSSR count). The Balaban J connectivity index is 1.50. The largest absolute Gasteiger partial charge is 0.505 e. The van der Waals surface area contributed by atoms with E-state index in [1.807, 2.05) is 30.3 Å². The van der Waals surface area contributed by atoms with E-state index in [1.165, 1.54) is 0 Å². The molecule has 0 bridgehead atoms. The van der Waals surface area contributed by atoms with Crippen molar-refractivity contribution in [1.82, 2.24) is 10.2 Å². The maximum atomic E-state index is 12.6. The summed E-state index contributed by atoms with van der Waals surface area (Å²) < 4.78 is 0. The predicted octanol–water partition coefficient (Wildman–Crippen LogP) is 3.01. The molecule has 0 atom stereocenters. The molecule has 3 N–H and O–H groups in total. The van der Waals surface area contributed by atoms with E-state index in [0.717, 1.165) is 24.1 Å². The molecule has 0 spiro atoms. The van der Waals surface area contributed by atoms with Crippen molar-refractivity contribution in [3.8, 4) is 5.75 Å². The van der Waals surface area contributed by atoms with Gasteiger partial charge in [-0.25, -0.2) is 0 Å². The van der Waals surface area contributed by atoms with Gasteiger partial charge in [0.15, 0.2) is 11.5 Å². The number of carbonyl (C=O) groups excluding carboxylic acids is 2. The smallest absolute Gasteiger partial charge is 0.257 e. The van der Waals surface area contributed by atoms with Crippen LogP contribution in [-0.2, 0) is 11.3 Å². The van der Waals surface area contributed by atoms with E-state index in [0.29, 0.717) is 37.4 Å². The molecular formula is C22H23N3O3. The highest BCUT2D eigenvalue weighted by molar-refractivity contribution is 6.07. The first-order valence-electron chi connectivity index (χ1n) is 9.56. The van der Waals surface area contributed by atoms with Gasteiger partial charge in [-0.3, -0.25) is 9.59 Å². The van der Waals surface area contributed by atoms with Gasteiger partial charge >= 0.3 is 0 Å². The first-order valence-corrected chi connectivity index (χ1v) is 9.56. The molecule has 0 aromatic heterocycles. The summed E-state index contributed by atoms with van der Waals surface area (Å²) in [5.74, 6) is -0.310. The molecule has 6 heteroatoms. The molecule has 1 amide bonds. The number of rotatable bonds is 6. The quantitative estimate of drug-likeness (QED) is 0.674. The van der Waals surface area contributed by atoms with E-state index in [4.69, 9.17) is 0 Å². The van der Waals surface area contributed by atoms with Gasteiger partial charge in [0.25, 0.3) is 5.91 Å². The van der Waals surface area contributed by atoms with Gasteiger partial charge in [-0.2, -0.15) is 0 Å². The molecule has 1 aliphatic carbocycles. The van der Waals surface area contributed by atoms with E-state index in [2.05, 4.69) is 10.6 Å². The van der Waals surface area contributed by atoms with Crippen LogP contribution in [0.25, 0.3) is 0 Å². The number of benzene rings is 2. The molecule has 0 saturated carbocycles. The number of Topliss-reactive ketones (excluding diaryl/α,β-unsaturated/α-hetero) is 1. The van der Waals surface area contributed by atoms with E-state index in [-0.39, 0.29) is 23.0 Å². The summed E-state index contributed by atoms with van der Waals surface area (Å²) in [5.41, 5.74) is 3.00. The summed E-state index contributed by atoms with van der Waals surface area (Å²) in [6, 6.07) is 14.9. The fraction of sp³-hybridized carbons (Fsp3) is 0.273. The minimum atomic E-state index is -0.171. The summed E-state index contributed by atoms with van der Waals surface area (Å²) in [6.07, 6.45) is 2.31. The monoisotopic (exact) mass is 377 g/mol. The molecule has 144 valence electrons. The lowest BCUT2D eigenvalue weighted by molar-refractivity contribution is -0.116. The maximum absolute atomic E-state index is 12.6. The van der Waals surface area contributed by atoms with Gasteiger partial charge in [-0.15, -0.1) is 0 Å². The van der Waals surface area contributed by atoms with Crippen LogP contribution in [0, 0.1) is 0 Å². The molecule has 2 aliphatic rings. The van der Waals surface area contributed by atoms with Gasteiger partial charge in [-0.05, 0) is 30.5 Å². The third-order valence-corrected chi connectivity index (χ3v) is 5.19. The number of hydrogen-bond donors (Lipinski definition) is 3. The molecule has 1 saturated heterocycles. The molecule has 1 aliphatic heterocycles. The van der Waals surface area contributed by atoms with Crippen LogP contribution in [0.15, 0.2) is 59.9 Å². The zero-order chi connectivity index (χ0) is 19.5. The molecule has 1 fully saturated rings. The number of hydrogen-bond acceptors (Lipinski definition) is 5. The first-order chi connectivity index (χ1) is 13.6. The lowest BCUT2D eigenvalue weighted by Crippen LogP contribution is -2.32. The van der Waals surface area contributed by atoms with Crippen LogP contribution in [0.5, 0.6) is 5.75 Å². The molecule has 28 heavy (non-hydrogen) atoms. The van der Waals surface area contributed by atoms with Crippen LogP contribution in [0.2, 0.25) is 0 Å². The van der Waals surface area contributed by atoms with E-state index < -0.39 is 0 Å². The Morgan fingerprint density at radius 2 is 1.79 bits per heavy atom. The molecule has 2 aromatic carbocycles. The number of phenols is 1. The number of para-hydroxylation sites is 1. The van der Waals surface area contributed by atoms with Crippen LogP contribution in [0.3, 0.4) is 0 Å². The number of likely N-dealkylation sites (tertiary alicyclic amines) is 1. The second-order valence-corrected chi connectivity index (χ2v) is 7.12. The Bertz CT molecular complexity index is 931. The van der Waals surface area contributed by atoms with Crippen molar-refractivity contribution in [2.45, 2.75) is 25.8 Å². The minimum absolute atomic E-state index is 0.0220. The maximum Gasteiger partial charge on any atom is 0.257 e. The van der Waals surface area contributed by atoms with Crippen molar-refractivity contribution >= 4 is 17.4 Å². The summed E-state index contributed by atoms with van der Waals surface area (Å²) in [5, 5.41) is 16.9. The Labute approximate surface area is 163 Å². The van der Waals surface area contributed by atoms with Crippen LogP contribution in [0.4, 0.5) is 5.69 Å². The topological polar surface area (TPSA) is 81.7 Å². The zero-order valence-electron chi connectivity index (χ0n) is 15.6. The Morgan fingerprint density at radius 3 is 2.50 bits per heavy atom. The standard InChI is InChI=1S/C22H23N3O3/c26-19-13-18(23-14-15-7-2-1-3-8-15)20(19)24-17-10-6-9-16(21(17)27)22(28)25-11-4-5-12-25/h1-3,6-10,23-24,27H,4-5,11-14H2. The van der Waals surface area contributed by atoms with Crippen LogP contribution < -0.4 is 10.6 Å². The van der Waals surface area contributed by atoms with Crippen molar-refractivity contribution in [2.75, 3.05) is 18.4 Å². The molecule has 1 heterocycles. The van der Waals surface area contributed by atoms with Gasteiger partial charge in [0.05, 0.1) is 17.7 Å². The van der Waals surface area contributed by atoms with E-state index >= 15 is 0 Å². The Morgan fingerprint density at radius 1 is 1.04 bits per heavy atom. The van der Waals surface area contributed by atoms with Crippen molar-refractivity contribution in [2.24, 2.45) is 0 Å².